The van der Waals surface area contributed by atoms with Gasteiger partial charge in [-0.1, -0.05) is 5.16 Å². The molecule has 1 N–H and O–H groups in total. The van der Waals surface area contributed by atoms with Gasteiger partial charge >= 0.3 is 0 Å². The van der Waals surface area contributed by atoms with Crippen LogP contribution in [0.4, 0.5) is 0 Å². The summed E-state index contributed by atoms with van der Waals surface area (Å²) in [6.45, 7) is 5.41. The Morgan fingerprint density at radius 2 is 2.23 bits per heavy atom. The van der Waals surface area contributed by atoms with Crippen LogP contribution in [0.3, 0.4) is 0 Å². The molecule has 8 nitrogen and oxygen atoms in total. The van der Waals surface area contributed by atoms with Crippen LogP contribution in [0.5, 0.6) is 0 Å². The van der Waals surface area contributed by atoms with Crippen LogP contribution in [0.15, 0.2) is 9.42 Å². The summed E-state index contributed by atoms with van der Waals surface area (Å²) < 4.78 is 41.9. The highest BCUT2D eigenvalue weighted by Gasteiger charge is 2.28. The molecule has 22 heavy (non-hydrogen) atoms. The lowest BCUT2D eigenvalue weighted by atomic mass is 10.2. The minimum atomic E-state index is -4.03. The average Bonchev–Trinajstić information content (AvgIpc) is 3.05. The molecule has 0 spiro atoms. The molecule has 1 aliphatic heterocycles. The summed E-state index contributed by atoms with van der Waals surface area (Å²) in [6.07, 6.45) is 0.912. The molecule has 1 fully saturated rings. The molecule has 9 heteroatoms. The summed E-state index contributed by atoms with van der Waals surface area (Å²) in [6, 6.07) is 0. The SMILES string of the molecule is Cc1noc(C)c1S(=O)(=O)NC(=O)[C@H](C)OC[C@@H]1CCCO1. The fourth-order valence-corrected chi connectivity index (χ4v) is 3.60. The number of hydrogen-bond donors (Lipinski definition) is 1. The quantitative estimate of drug-likeness (QED) is 0.816. The maximum absolute atomic E-state index is 12.2. The Balaban J connectivity index is 1.95. The third-order valence-corrected chi connectivity index (χ3v) is 4.99. The van der Waals surface area contributed by atoms with E-state index in [1.54, 1.807) is 0 Å². The van der Waals surface area contributed by atoms with Gasteiger partial charge in [0.15, 0.2) is 10.7 Å². The van der Waals surface area contributed by atoms with Gasteiger partial charge in [0.25, 0.3) is 15.9 Å². The van der Waals surface area contributed by atoms with Crippen LogP contribution in [-0.4, -0.2) is 44.9 Å². The fourth-order valence-electron chi connectivity index (χ4n) is 2.23. The molecule has 1 saturated heterocycles. The summed E-state index contributed by atoms with van der Waals surface area (Å²) in [7, 11) is -4.03. The fraction of sp³-hybridized carbons (Fsp3) is 0.692. The predicted molar refractivity (Wildman–Crippen MR) is 75.7 cm³/mol. The Bertz CT molecular complexity index is 613. The van der Waals surface area contributed by atoms with Gasteiger partial charge < -0.3 is 14.0 Å². The zero-order valence-electron chi connectivity index (χ0n) is 12.8. The molecule has 1 amide bonds. The van der Waals surface area contributed by atoms with Gasteiger partial charge in [-0.2, -0.15) is 0 Å². The zero-order valence-corrected chi connectivity index (χ0v) is 13.6. The van der Waals surface area contributed by atoms with Crippen molar-refractivity contribution in [2.75, 3.05) is 13.2 Å². The van der Waals surface area contributed by atoms with Crippen molar-refractivity contribution < 1.29 is 27.2 Å². The number of amides is 1. The van der Waals surface area contributed by atoms with Crippen LogP contribution in [0.2, 0.25) is 0 Å². The predicted octanol–water partition coefficient (Wildman–Crippen LogP) is 0.680. The van der Waals surface area contributed by atoms with Gasteiger partial charge in [-0.15, -0.1) is 0 Å². The second-order valence-corrected chi connectivity index (χ2v) is 6.85. The number of ether oxygens (including phenoxy) is 2. The number of hydrogen-bond acceptors (Lipinski definition) is 7. The van der Waals surface area contributed by atoms with E-state index in [4.69, 9.17) is 14.0 Å². The van der Waals surface area contributed by atoms with Gasteiger partial charge in [0, 0.05) is 6.61 Å². The van der Waals surface area contributed by atoms with E-state index < -0.39 is 22.0 Å². The number of carbonyl (C=O) groups excluding carboxylic acids is 1. The minimum absolute atomic E-state index is 0.0329. The standard InChI is InChI=1S/C13H20N2O6S/c1-8-12(9(2)21-14-8)22(17,18)15-13(16)10(3)20-7-11-5-4-6-19-11/h10-11H,4-7H2,1-3H3,(H,15,16)/t10-,11-/m0/s1. The topological polar surface area (TPSA) is 108 Å². The molecule has 0 aliphatic carbocycles. The second-order valence-electron chi connectivity index (χ2n) is 5.23. The first-order chi connectivity index (χ1) is 10.3. The average molecular weight is 332 g/mol. The smallest absolute Gasteiger partial charge is 0.269 e. The number of rotatable bonds is 6. The maximum atomic E-state index is 12.2. The molecular formula is C13H20N2O6S. The Hall–Kier alpha value is -1.45. The van der Waals surface area contributed by atoms with Crippen molar-refractivity contribution in [1.82, 2.24) is 9.88 Å². The summed E-state index contributed by atoms with van der Waals surface area (Å²) in [5.41, 5.74) is 0.200. The monoisotopic (exact) mass is 332 g/mol. The summed E-state index contributed by atoms with van der Waals surface area (Å²) in [5.74, 6) is -0.608. The lowest BCUT2D eigenvalue weighted by Gasteiger charge is -2.16. The number of carbonyl (C=O) groups is 1. The molecule has 0 bridgehead atoms. The first-order valence-corrected chi connectivity index (χ1v) is 8.52. The molecule has 2 rings (SSSR count). The number of aryl methyl sites for hydroxylation is 2. The van der Waals surface area contributed by atoms with E-state index in [0.717, 1.165) is 12.8 Å². The van der Waals surface area contributed by atoms with Crippen LogP contribution in [0.1, 0.15) is 31.2 Å². The van der Waals surface area contributed by atoms with Gasteiger partial charge in [0.2, 0.25) is 0 Å². The van der Waals surface area contributed by atoms with E-state index >= 15 is 0 Å². The minimum Gasteiger partial charge on any atom is -0.376 e. The maximum Gasteiger partial charge on any atom is 0.269 e. The lowest BCUT2D eigenvalue weighted by molar-refractivity contribution is -0.131. The lowest BCUT2D eigenvalue weighted by Crippen LogP contribution is -2.39. The Morgan fingerprint density at radius 3 is 2.77 bits per heavy atom. The van der Waals surface area contributed by atoms with Crippen molar-refractivity contribution in [3.8, 4) is 0 Å². The molecule has 2 atom stereocenters. The molecule has 0 radical (unpaired) electrons. The van der Waals surface area contributed by atoms with Crippen molar-refractivity contribution in [3.05, 3.63) is 11.5 Å². The largest absolute Gasteiger partial charge is 0.376 e. The third kappa shape index (κ3) is 3.84. The highest BCUT2D eigenvalue weighted by atomic mass is 32.2. The van der Waals surface area contributed by atoms with E-state index in [9.17, 15) is 13.2 Å². The summed E-state index contributed by atoms with van der Waals surface area (Å²) in [4.78, 5) is 11.9. The van der Waals surface area contributed by atoms with Gasteiger partial charge in [0.05, 0.1) is 12.7 Å². The summed E-state index contributed by atoms with van der Waals surface area (Å²) in [5, 5.41) is 3.57. The molecular weight excluding hydrogens is 312 g/mol. The van der Waals surface area contributed by atoms with E-state index in [1.807, 2.05) is 4.72 Å². The Morgan fingerprint density at radius 1 is 1.50 bits per heavy atom. The number of sulfonamides is 1. The van der Waals surface area contributed by atoms with E-state index in [-0.39, 0.29) is 29.1 Å². The number of nitrogens with zero attached hydrogens (tertiary/aromatic N) is 1. The van der Waals surface area contributed by atoms with Crippen LogP contribution in [0, 0.1) is 13.8 Å². The second kappa shape index (κ2) is 6.76. The molecule has 1 aromatic rings. The van der Waals surface area contributed by atoms with Crippen LogP contribution >= 0.6 is 0 Å². The molecule has 1 aliphatic rings. The van der Waals surface area contributed by atoms with Crippen molar-refractivity contribution in [2.45, 2.75) is 50.7 Å². The Kier molecular flexibility index (Phi) is 5.20. The first kappa shape index (κ1) is 16.9. The van der Waals surface area contributed by atoms with E-state index in [2.05, 4.69) is 5.16 Å². The highest BCUT2D eigenvalue weighted by Crippen LogP contribution is 2.19. The highest BCUT2D eigenvalue weighted by molar-refractivity contribution is 7.90. The van der Waals surface area contributed by atoms with Crippen molar-refractivity contribution in [1.29, 1.82) is 0 Å². The molecule has 1 aromatic heterocycles. The van der Waals surface area contributed by atoms with Gasteiger partial charge in [0.1, 0.15) is 11.8 Å². The normalized spacial score (nSPS) is 20.0. The van der Waals surface area contributed by atoms with Gasteiger partial charge in [-0.25, -0.2) is 13.1 Å². The van der Waals surface area contributed by atoms with Crippen molar-refractivity contribution >= 4 is 15.9 Å². The molecule has 2 heterocycles. The zero-order chi connectivity index (χ0) is 16.3. The van der Waals surface area contributed by atoms with Gasteiger partial charge in [-0.05, 0) is 33.6 Å². The Labute approximate surface area is 129 Å². The van der Waals surface area contributed by atoms with Crippen LogP contribution in [-0.2, 0) is 24.3 Å². The van der Waals surface area contributed by atoms with Gasteiger partial charge in [-0.3, -0.25) is 4.79 Å². The molecule has 0 saturated carbocycles. The van der Waals surface area contributed by atoms with Crippen LogP contribution in [0.25, 0.3) is 0 Å². The van der Waals surface area contributed by atoms with Crippen molar-refractivity contribution in [2.24, 2.45) is 0 Å². The molecule has 0 aromatic carbocycles. The first-order valence-electron chi connectivity index (χ1n) is 7.04. The number of nitrogens with one attached hydrogen (secondary N) is 1. The third-order valence-electron chi connectivity index (χ3n) is 3.40. The van der Waals surface area contributed by atoms with E-state index in [0.29, 0.717) is 6.61 Å². The number of aromatic nitrogens is 1. The molecule has 0 unspecified atom stereocenters. The van der Waals surface area contributed by atoms with E-state index in [1.165, 1.54) is 20.8 Å². The van der Waals surface area contributed by atoms with Crippen molar-refractivity contribution in [3.63, 3.8) is 0 Å². The summed E-state index contributed by atoms with van der Waals surface area (Å²) >= 11 is 0. The van der Waals surface area contributed by atoms with Crippen LogP contribution < -0.4 is 4.72 Å². The molecule has 124 valence electrons.